The topological polar surface area (TPSA) is 105 Å². The number of nitrogen functional groups attached to an aromatic ring is 1. The smallest absolute Gasteiger partial charge is 0.211 e. The fourth-order valence-corrected chi connectivity index (χ4v) is 4.72. The van der Waals surface area contributed by atoms with Gasteiger partial charge >= 0.3 is 0 Å². The highest BCUT2D eigenvalue weighted by atomic mass is 32.1. The summed E-state index contributed by atoms with van der Waals surface area (Å²) in [4.78, 5) is 13.7. The van der Waals surface area contributed by atoms with Crippen molar-refractivity contribution in [1.29, 1.82) is 5.26 Å². The molecule has 1 aliphatic rings. The summed E-state index contributed by atoms with van der Waals surface area (Å²) >= 11 is 1.24. The number of benzene rings is 1. The largest absolute Gasteiger partial charge is 0.396 e. The Morgan fingerprint density at radius 2 is 2.04 bits per heavy atom. The van der Waals surface area contributed by atoms with E-state index in [1.165, 1.54) is 24.2 Å². The van der Waals surface area contributed by atoms with Crippen molar-refractivity contribution in [3.63, 3.8) is 0 Å². The number of thiophene rings is 1. The molecule has 142 valence electrons. The molecule has 0 spiro atoms. The molecule has 1 saturated carbocycles. The minimum Gasteiger partial charge on any atom is -0.396 e. The fraction of sp³-hybridized carbons (Fsp3) is 0.286. The van der Waals surface area contributed by atoms with E-state index < -0.39 is 0 Å². The van der Waals surface area contributed by atoms with Crippen LogP contribution in [0, 0.1) is 18.3 Å². The molecular formula is C21H20N4O2S. The maximum absolute atomic E-state index is 13.4. The zero-order chi connectivity index (χ0) is 19.7. The number of carbonyl (C=O) groups excluding carboxylic acids is 1. The van der Waals surface area contributed by atoms with Gasteiger partial charge in [0.25, 0.3) is 0 Å². The third-order valence-electron chi connectivity index (χ3n) is 5.09. The molecule has 28 heavy (non-hydrogen) atoms. The highest BCUT2D eigenvalue weighted by molar-refractivity contribution is 7.19. The predicted molar refractivity (Wildman–Crippen MR) is 109 cm³/mol. The molecule has 1 aromatic carbocycles. The van der Waals surface area contributed by atoms with Crippen LogP contribution in [0.4, 0.5) is 10.7 Å². The summed E-state index contributed by atoms with van der Waals surface area (Å²) < 4.78 is 5.32. The van der Waals surface area contributed by atoms with Crippen LogP contribution in [-0.4, -0.2) is 17.0 Å². The van der Waals surface area contributed by atoms with E-state index in [1.54, 1.807) is 6.92 Å². The van der Waals surface area contributed by atoms with Gasteiger partial charge in [0.1, 0.15) is 33.0 Å². The number of carbonyl (C=O) groups is 1. The zero-order valence-electron chi connectivity index (χ0n) is 15.5. The van der Waals surface area contributed by atoms with Crippen molar-refractivity contribution in [3.05, 3.63) is 52.1 Å². The van der Waals surface area contributed by atoms with Crippen molar-refractivity contribution in [2.24, 2.45) is 0 Å². The standard InChI is InChI=1S/C21H20N4O2S/c1-12-16(18(25-27-12)13-7-3-2-4-8-13)19(26)20-17(23)15(11-22)21(28-20)24-14-9-5-6-10-14/h2-4,7-8,14,24H,5-6,9-10,23H2,1H3. The van der Waals surface area contributed by atoms with Crippen LogP contribution in [0.3, 0.4) is 0 Å². The van der Waals surface area contributed by atoms with Crippen LogP contribution < -0.4 is 11.1 Å². The quantitative estimate of drug-likeness (QED) is 0.607. The number of hydrogen-bond donors (Lipinski definition) is 2. The second-order valence-electron chi connectivity index (χ2n) is 6.94. The van der Waals surface area contributed by atoms with Crippen molar-refractivity contribution >= 4 is 27.8 Å². The third-order valence-corrected chi connectivity index (χ3v) is 6.23. The van der Waals surface area contributed by atoms with Crippen LogP contribution in [-0.2, 0) is 0 Å². The van der Waals surface area contributed by atoms with Crippen LogP contribution in [0.25, 0.3) is 11.3 Å². The number of aromatic nitrogens is 1. The second kappa shape index (κ2) is 7.49. The van der Waals surface area contributed by atoms with E-state index in [1.807, 2.05) is 30.3 Å². The number of rotatable bonds is 5. The van der Waals surface area contributed by atoms with Crippen molar-refractivity contribution in [2.75, 3.05) is 11.1 Å². The first-order valence-electron chi connectivity index (χ1n) is 9.25. The lowest BCUT2D eigenvalue weighted by molar-refractivity contribution is 0.104. The van der Waals surface area contributed by atoms with Crippen LogP contribution in [0.2, 0.25) is 0 Å². The number of aryl methyl sites for hydroxylation is 1. The number of ketones is 1. The predicted octanol–water partition coefficient (Wildman–Crippen LogP) is 4.75. The summed E-state index contributed by atoms with van der Waals surface area (Å²) in [5, 5.41) is 17.7. The summed E-state index contributed by atoms with van der Waals surface area (Å²) in [7, 11) is 0. The number of hydrogen-bond acceptors (Lipinski definition) is 7. The lowest BCUT2D eigenvalue weighted by Crippen LogP contribution is -2.14. The maximum Gasteiger partial charge on any atom is 0.211 e. The summed E-state index contributed by atoms with van der Waals surface area (Å²) in [6.45, 7) is 1.71. The van der Waals surface area contributed by atoms with Gasteiger partial charge < -0.3 is 15.6 Å². The van der Waals surface area contributed by atoms with Gasteiger partial charge in [-0.25, -0.2) is 0 Å². The molecule has 3 aromatic rings. The zero-order valence-corrected chi connectivity index (χ0v) is 16.3. The molecule has 2 heterocycles. The number of nitrogens with zero attached hydrogens (tertiary/aromatic N) is 2. The van der Waals surface area contributed by atoms with E-state index in [2.05, 4.69) is 16.5 Å². The minimum absolute atomic E-state index is 0.220. The van der Waals surface area contributed by atoms with Crippen LogP contribution in [0.15, 0.2) is 34.9 Å². The Bertz CT molecular complexity index is 1060. The summed E-state index contributed by atoms with van der Waals surface area (Å²) in [5.41, 5.74) is 8.44. The Labute approximate surface area is 167 Å². The molecule has 2 aromatic heterocycles. The van der Waals surface area contributed by atoms with E-state index in [0.717, 1.165) is 18.4 Å². The van der Waals surface area contributed by atoms with E-state index in [4.69, 9.17) is 10.3 Å². The van der Waals surface area contributed by atoms with Gasteiger partial charge in [-0.15, -0.1) is 11.3 Å². The molecule has 4 rings (SSSR count). The Hall–Kier alpha value is -3.11. The maximum atomic E-state index is 13.4. The van der Waals surface area contributed by atoms with Crippen LogP contribution in [0.5, 0.6) is 0 Å². The molecule has 0 bridgehead atoms. The number of nitriles is 1. The molecule has 7 heteroatoms. The van der Waals surface area contributed by atoms with E-state index in [9.17, 15) is 10.1 Å². The van der Waals surface area contributed by atoms with Crippen molar-refractivity contribution in [2.45, 2.75) is 38.6 Å². The van der Waals surface area contributed by atoms with E-state index in [-0.39, 0.29) is 11.5 Å². The second-order valence-corrected chi connectivity index (χ2v) is 7.96. The van der Waals surface area contributed by atoms with E-state index >= 15 is 0 Å². The van der Waals surface area contributed by atoms with E-state index in [0.29, 0.717) is 38.5 Å². The summed E-state index contributed by atoms with van der Waals surface area (Å²) in [6, 6.07) is 11.9. The first kappa shape index (κ1) is 18.3. The van der Waals surface area contributed by atoms with Gasteiger partial charge in [-0.2, -0.15) is 5.26 Å². The minimum atomic E-state index is -0.268. The Balaban J connectivity index is 1.74. The average Bonchev–Trinajstić information content (AvgIpc) is 3.42. The number of nitrogens with two attached hydrogens (primary N) is 1. The van der Waals surface area contributed by atoms with Gasteiger partial charge in [-0.3, -0.25) is 4.79 Å². The molecule has 0 unspecified atom stereocenters. The Morgan fingerprint density at radius 3 is 2.71 bits per heavy atom. The lowest BCUT2D eigenvalue weighted by atomic mass is 10.0. The van der Waals surface area contributed by atoms with Gasteiger partial charge in [-0.05, 0) is 19.8 Å². The SMILES string of the molecule is Cc1onc(-c2ccccc2)c1C(=O)c1sc(NC2CCCC2)c(C#N)c1N. The first-order chi connectivity index (χ1) is 13.6. The fourth-order valence-electron chi connectivity index (χ4n) is 3.63. The normalized spacial score (nSPS) is 14.1. The lowest BCUT2D eigenvalue weighted by Gasteiger charge is -2.11. The molecule has 0 atom stereocenters. The van der Waals surface area contributed by atoms with Crippen molar-refractivity contribution < 1.29 is 9.32 Å². The molecule has 1 aliphatic carbocycles. The average molecular weight is 392 g/mol. The first-order valence-corrected chi connectivity index (χ1v) is 10.1. The number of nitrogens with one attached hydrogen (secondary N) is 1. The molecule has 0 aliphatic heterocycles. The monoisotopic (exact) mass is 392 g/mol. The highest BCUT2D eigenvalue weighted by Gasteiger charge is 2.29. The molecule has 0 amide bonds. The molecule has 0 saturated heterocycles. The Kier molecular flexibility index (Phi) is 4.88. The molecular weight excluding hydrogens is 372 g/mol. The molecule has 6 nitrogen and oxygen atoms in total. The van der Waals surface area contributed by atoms with Gasteiger partial charge in [0.15, 0.2) is 0 Å². The van der Waals surface area contributed by atoms with Crippen LogP contribution >= 0.6 is 11.3 Å². The third kappa shape index (κ3) is 3.16. The molecule has 3 N–H and O–H groups in total. The number of anilines is 2. The van der Waals surface area contributed by atoms with Crippen molar-refractivity contribution in [3.8, 4) is 17.3 Å². The van der Waals surface area contributed by atoms with Gasteiger partial charge in [0.2, 0.25) is 5.78 Å². The van der Waals surface area contributed by atoms with Gasteiger partial charge in [-0.1, -0.05) is 48.3 Å². The summed E-state index contributed by atoms with van der Waals surface area (Å²) in [6.07, 6.45) is 4.47. The highest BCUT2D eigenvalue weighted by Crippen LogP contribution is 2.39. The molecule has 0 radical (unpaired) electrons. The molecule has 1 fully saturated rings. The van der Waals surface area contributed by atoms with Crippen molar-refractivity contribution in [1.82, 2.24) is 5.16 Å². The Morgan fingerprint density at radius 1 is 1.32 bits per heavy atom. The van der Waals surface area contributed by atoms with Gasteiger partial charge in [0.05, 0.1) is 11.3 Å². The van der Waals surface area contributed by atoms with Crippen LogP contribution in [0.1, 0.15) is 52.2 Å². The van der Waals surface area contributed by atoms with Gasteiger partial charge in [0, 0.05) is 11.6 Å². The summed E-state index contributed by atoms with van der Waals surface area (Å²) in [5.74, 6) is 0.163.